The molecule has 20 heavy (non-hydrogen) atoms. The van der Waals surface area contributed by atoms with Crippen molar-refractivity contribution in [2.45, 2.75) is 18.9 Å². The zero-order valence-electron chi connectivity index (χ0n) is 11.4. The Morgan fingerprint density at radius 1 is 1.05 bits per heavy atom. The molecule has 0 aromatic heterocycles. The fourth-order valence-corrected chi connectivity index (χ4v) is 3.23. The number of hydrogen-bond donors (Lipinski definition) is 1. The quantitative estimate of drug-likeness (QED) is 0.900. The number of rotatable bonds is 3. The lowest BCUT2D eigenvalue weighted by Crippen LogP contribution is -2.26. The summed E-state index contributed by atoms with van der Waals surface area (Å²) in [4.78, 5) is 0. The van der Waals surface area contributed by atoms with Crippen molar-refractivity contribution in [2.75, 3.05) is 7.05 Å². The maximum Gasteiger partial charge on any atom is 0.130 e. The highest BCUT2D eigenvalue weighted by molar-refractivity contribution is 5.34. The van der Waals surface area contributed by atoms with E-state index in [-0.39, 0.29) is 6.04 Å². The fraction of sp³-hybridized carbons (Fsp3) is 0.294. The summed E-state index contributed by atoms with van der Waals surface area (Å²) < 4.78 is 27.0. The van der Waals surface area contributed by atoms with E-state index in [1.807, 2.05) is 19.2 Å². The van der Waals surface area contributed by atoms with E-state index in [2.05, 4.69) is 17.4 Å². The largest absolute Gasteiger partial charge is 0.313 e. The van der Waals surface area contributed by atoms with Crippen LogP contribution in [0.15, 0.2) is 42.5 Å². The van der Waals surface area contributed by atoms with Crippen molar-refractivity contribution < 1.29 is 8.78 Å². The maximum atomic E-state index is 14.0. The monoisotopic (exact) mass is 273 g/mol. The third kappa shape index (κ3) is 2.34. The van der Waals surface area contributed by atoms with Gasteiger partial charge in [0.05, 0.1) is 0 Å². The van der Waals surface area contributed by atoms with Crippen molar-refractivity contribution in [3.05, 3.63) is 70.8 Å². The van der Waals surface area contributed by atoms with Crippen LogP contribution in [0.5, 0.6) is 0 Å². The van der Waals surface area contributed by atoms with Gasteiger partial charge in [0.15, 0.2) is 0 Å². The van der Waals surface area contributed by atoms with Gasteiger partial charge in [-0.25, -0.2) is 8.78 Å². The fourth-order valence-electron chi connectivity index (χ4n) is 3.23. The first-order valence-corrected chi connectivity index (χ1v) is 6.88. The van der Waals surface area contributed by atoms with Gasteiger partial charge in [-0.2, -0.15) is 0 Å². The van der Waals surface area contributed by atoms with Crippen molar-refractivity contribution in [3.63, 3.8) is 0 Å². The summed E-state index contributed by atoms with van der Waals surface area (Å²) in [7, 11) is 1.83. The predicted octanol–water partition coefficient (Wildman–Crippen LogP) is 3.64. The van der Waals surface area contributed by atoms with Gasteiger partial charge < -0.3 is 5.32 Å². The molecule has 2 aromatic rings. The van der Waals surface area contributed by atoms with E-state index in [9.17, 15) is 8.78 Å². The number of halogens is 2. The van der Waals surface area contributed by atoms with Crippen molar-refractivity contribution in [3.8, 4) is 0 Å². The first-order valence-electron chi connectivity index (χ1n) is 6.88. The smallest absolute Gasteiger partial charge is 0.130 e. The third-order valence-corrected chi connectivity index (χ3v) is 4.16. The standard InChI is InChI=1S/C17H17F2N/c1-20-17(15-7-6-14(18)10-16(15)19)13-8-11-4-2-3-5-12(11)9-13/h2-7,10,13,17,20H,8-9H2,1H3. The lowest BCUT2D eigenvalue weighted by molar-refractivity contribution is 0.383. The Balaban J connectivity index is 1.89. The lowest BCUT2D eigenvalue weighted by atomic mass is 9.90. The Morgan fingerprint density at radius 3 is 2.25 bits per heavy atom. The second-order valence-corrected chi connectivity index (χ2v) is 5.37. The van der Waals surface area contributed by atoms with Gasteiger partial charge in [-0.3, -0.25) is 0 Å². The van der Waals surface area contributed by atoms with Gasteiger partial charge in [0.1, 0.15) is 11.6 Å². The average Bonchev–Trinajstić information content (AvgIpc) is 2.85. The number of nitrogens with one attached hydrogen (secondary N) is 1. The molecule has 0 spiro atoms. The molecule has 1 N–H and O–H groups in total. The van der Waals surface area contributed by atoms with Gasteiger partial charge >= 0.3 is 0 Å². The molecule has 0 bridgehead atoms. The summed E-state index contributed by atoms with van der Waals surface area (Å²) in [5.41, 5.74) is 3.22. The summed E-state index contributed by atoms with van der Waals surface area (Å²) in [5, 5.41) is 3.19. The van der Waals surface area contributed by atoms with Crippen LogP contribution in [0, 0.1) is 17.6 Å². The maximum absolute atomic E-state index is 14.0. The highest BCUT2D eigenvalue weighted by atomic mass is 19.1. The van der Waals surface area contributed by atoms with Crippen molar-refractivity contribution in [1.29, 1.82) is 0 Å². The van der Waals surface area contributed by atoms with Crippen LogP contribution in [0.2, 0.25) is 0 Å². The molecule has 1 aliphatic carbocycles. The minimum Gasteiger partial charge on any atom is -0.313 e. The zero-order chi connectivity index (χ0) is 14.1. The molecule has 1 nitrogen and oxygen atoms in total. The molecule has 0 heterocycles. The van der Waals surface area contributed by atoms with E-state index in [1.165, 1.54) is 17.2 Å². The predicted molar refractivity (Wildman–Crippen MR) is 75.5 cm³/mol. The highest BCUT2D eigenvalue weighted by Crippen LogP contribution is 2.35. The van der Waals surface area contributed by atoms with Crippen LogP contribution in [-0.2, 0) is 12.8 Å². The molecular weight excluding hydrogens is 256 g/mol. The van der Waals surface area contributed by atoms with Crippen LogP contribution in [0.1, 0.15) is 22.7 Å². The van der Waals surface area contributed by atoms with Crippen LogP contribution in [-0.4, -0.2) is 7.05 Å². The molecule has 1 aliphatic rings. The number of fused-ring (bicyclic) bond motifs is 1. The number of benzene rings is 2. The second kappa shape index (κ2) is 5.33. The van der Waals surface area contributed by atoms with Gasteiger partial charge in [0, 0.05) is 17.7 Å². The molecule has 0 saturated carbocycles. The molecule has 1 atom stereocenters. The van der Waals surface area contributed by atoms with Gasteiger partial charge in [0.25, 0.3) is 0 Å². The van der Waals surface area contributed by atoms with Crippen LogP contribution in [0.3, 0.4) is 0 Å². The highest BCUT2D eigenvalue weighted by Gasteiger charge is 2.30. The van der Waals surface area contributed by atoms with E-state index >= 15 is 0 Å². The van der Waals surface area contributed by atoms with E-state index in [0.717, 1.165) is 18.9 Å². The molecule has 3 heteroatoms. The van der Waals surface area contributed by atoms with Gasteiger partial charge in [0.2, 0.25) is 0 Å². The van der Waals surface area contributed by atoms with Gasteiger partial charge in [-0.05, 0) is 43.0 Å². The van der Waals surface area contributed by atoms with Crippen molar-refractivity contribution in [1.82, 2.24) is 5.32 Å². The summed E-state index contributed by atoms with van der Waals surface area (Å²) >= 11 is 0. The molecule has 0 radical (unpaired) electrons. The Kier molecular flexibility index (Phi) is 3.53. The topological polar surface area (TPSA) is 12.0 Å². The first-order chi connectivity index (χ1) is 9.69. The van der Waals surface area contributed by atoms with E-state index in [0.29, 0.717) is 11.5 Å². The third-order valence-electron chi connectivity index (χ3n) is 4.16. The first kappa shape index (κ1) is 13.3. The molecule has 3 rings (SSSR count). The van der Waals surface area contributed by atoms with Crippen molar-refractivity contribution in [2.24, 2.45) is 5.92 Å². The van der Waals surface area contributed by atoms with Crippen LogP contribution < -0.4 is 5.32 Å². The molecular formula is C17H17F2N. The molecule has 104 valence electrons. The Bertz CT molecular complexity index is 599. The Morgan fingerprint density at radius 2 is 1.70 bits per heavy atom. The summed E-state index contributed by atoms with van der Waals surface area (Å²) in [6.45, 7) is 0. The molecule has 0 fully saturated rings. The zero-order valence-corrected chi connectivity index (χ0v) is 11.4. The van der Waals surface area contributed by atoms with Crippen LogP contribution in [0.25, 0.3) is 0 Å². The molecule has 0 amide bonds. The lowest BCUT2D eigenvalue weighted by Gasteiger charge is -2.24. The average molecular weight is 273 g/mol. The Labute approximate surface area is 117 Å². The van der Waals surface area contributed by atoms with E-state index in [1.54, 1.807) is 6.07 Å². The summed E-state index contributed by atoms with van der Waals surface area (Å²) in [5.74, 6) is -0.700. The van der Waals surface area contributed by atoms with Crippen molar-refractivity contribution >= 4 is 0 Å². The van der Waals surface area contributed by atoms with Gasteiger partial charge in [-0.15, -0.1) is 0 Å². The minimum atomic E-state index is -0.532. The normalized spacial score (nSPS) is 16.1. The number of hydrogen-bond acceptors (Lipinski definition) is 1. The summed E-state index contributed by atoms with van der Waals surface area (Å²) in [6, 6.07) is 12.1. The molecule has 0 aliphatic heterocycles. The SMILES string of the molecule is CNC(c1ccc(F)cc1F)C1Cc2ccccc2C1. The van der Waals surface area contributed by atoms with E-state index in [4.69, 9.17) is 0 Å². The second-order valence-electron chi connectivity index (χ2n) is 5.37. The van der Waals surface area contributed by atoms with E-state index < -0.39 is 11.6 Å². The van der Waals surface area contributed by atoms with Gasteiger partial charge in [-0.1, -0.05) is 30.3 Å². The molecule has 2 aromatic carbocycles. The summed E-state index contributed by atoms with van der Waals surface area (Å²) in [6.07, 6.45) is 1.86. The minimum absolute atomic E-state index is 0.0944. The molecule has 0 saturated heterocycles. The van der Waals surface area contributed by atoms with Crippen LogP contribution in [0.4, 0.5) is 8.78 Å². The Hall–Kier alpha value is -1.74. The molecule has 1 unspecified atom stereocenters. The van der Waals surface area contributed by atoms with Crippen LogP contribution >= 0.6 is 0 Å².